The highest BCUT2D eigenvalue weighted by Crippen LogP contribution is 2.30. The normalized spacial score (nSPS) is 11.6. The second-order valence-electron chi connectivity index (χ2n) is 7.77. The summed E-state index contributed by atoms with van der Waals surface area (Å²) in [4.78, 5) is 8.66. The molecule has 0 atom stereocenters. The second-order valence-corrected chi connectivity index (χ2v) is 7.77. The van der Waals surface area contributed by atoms with Gasteiger partial charge in [-0.25, -0.2) is 4.98 Å². The number of rotatable bonds is 6. The van der Waals surface area contributed by atoms with E-state index in [1.54, 1.807) is 24.5 Å². The molecule has 2 aromatic carbocycles. The summed E-state index contributed by atoms with van der Waals surface area (Å²) in [7, 11) is 0. The molecule has 0 bridgehead atoms. The number of para-hydroxylation sites is 1. The molecule has 5 aromatic rings. The fourth-order valence-electron chi connectivity index (χ4n) is 3.65. The Bertz CT molecular complexity index is 1410. The number of hydrogen-bond acceptors (Lipinski definition) is 4. The van der Waals surface area contributed by atoms with Crippen molar-refractivity contribution in [1.82, 2.24) is 19.7 Å². The third kappa shape index (κ3) is 4.91. The number of nitrogens with zero attached hydrogens (tertiary/aromatic N) is 4. The van der Waals surface area contributed by atoms with E-state index in [2.05, 4.69) is 10.1 Å². The van der Waals surface area contributed by atoms with Crippen LogP contribution in [-0.2, 0) is 13.2 Å². The van der Waals surface area contributed by atoms with Crippen LogP contribution in [0.2, 0.25) is 0 Å². The lowest BCUT2D eigenvalue weighted by Crippen LogP contribution is -2.18. The standard InChI is InChI=1S/C26H19F3N4O/c27-26(28,29)17-33-15-22(19-11-13-30-14-12-19)25(32-33)34-16-18-5-7-21(8-6-18)24-10-9-20-3-1-2-4-23(20)31-24/h1-15H,16-17H2. The van der Waals surface area contributed by atoms with E-state index < -0.39 is 12.7 Å². The summed E-state index contributed by atoms with van der Waals surface area (Å²) in [5, 5.41) is 5.10. The molecular weight excluding hydrogens is 441 g/mol. The smallest absolute Gasteiger partial charge is 0.408 e. The van der Waals surface area contributed by atoms with Crippen molar-refractivity contribution in [3.63, 3.8) is 0 Å². The SMILES string of the molecule is FC(F)(F)Cn1cc(-c2ccncc2)c(OCc2ccc(-c3ccc4ccccc4n3)cc2)n1. The van der Waals surface area contributed by atoms with Crippen LogP contribution in [-0.4, -0.2) is 25.9 Å². The fraction of sp³-hybridized carbons (Fsp3) is 0.115. The molecule has 0 N–H and O–H groups in total. The summed E-state index contributed by atoms with van der Waals surface area (Å²) >= 11 is 0. The van der Waals surface area contributed by atoms with Gasteiger partial charge in [0, 0.05) is 29.5 Å². The molecule has 0 radical (unpaired) electrons. The number of hydrogen-bond donors (Lipinski definition) is 0. The van der Waals surface area contributed by atoms with Crippen LogP contribution in [0.3, 0.4) is 0 Å². The highest BCUT2D eigenvalue weighted by molar-refractivity contribution is 5.81. The van der Waals surface area contributed by atoms with E-state index in [-0.39, 0.29) is 12.5 Å². The van der Waals surface area contributed by atoms with E-state index in [4.69, 9.17) is 9.72 Å². The minimum atomic E-state index is -4.38. The van der Waals surface area contributed by atoms with Gasteiger partial charge < -0.3 is 4.74 Å². The number of fused-ring (bicyclic) bond motifs is 1. The van der Waals surface area contributed by atoms with Crippen LogP contribution in [0.1, 0.15) is 5.56 Å². The minimum Gasteiger partial charge on any atom is -0.471 e. The third-order valence-electron chi connectivity index (χ3n) is 5.28. The van der Waals surface area contributed by atoms with Crippen molar-refractivity contribution >= 4 is 10.9 Å². The second kappa shape index (κ2) is 8.97. The van der Waals surface area contributed by atoms with E-state index >= 15 is 0 Å². The molecule has 0 aliphatic heterocycles. The molecule has 0 spiro atoms. The zero-order valence-electron chi connectivity index (χ0n) is 17.9. The van der Waals surface area contributed by atoms with Gasteiger partial charge in [0.25, 0.3) is 0 Å². The van der Waals surface area contributed by atoms with Gasteiger partial charge in [-0.2, -0.15) is 13.2 Å². The van der Waals surface area contributed by atoms with Gasteiger partial charge >= 0.3 is 6.18 Å². The van der Waals surface area contributed by atoms with Crippen molar-refractivity contribution in [3.05, 3.63) is 97.0 Å². The molecular formula is C26H19F3N4O. The zero-order chi connectivity index (χ0) is 23.5. The summed E-state index contributed by atoms with van der Waals surface area (Å²) < 4.78 is 45.3. The van der Waals surface area contributed by atoms with Gasteiger partial charge in [-0.15, -0.1) is 5.10 Å². The molecule has 5 nitrogen and oxygen atoms in total. The summed E-state index contributed by atoms with van der Waals surface area (Å²) in [6, 6.07) is 23.0. The minimum absolute atomic E-state index is 0.135. The summed E-state index contributed by atoms with van der Waals surface area (Å²) in [5.41, 5.74) is 4.75. The molecule has 34 heavy (non-hydrogen) atoms. The molecule has 170 valence electrons. The molecule has 3 aromatic heterocycles. The molecule has 0 saturated heterocycles. The molecule has 0 aliphatic rings. The first-order valence-electron chi connectivity index (χ1n) is 10.6. The summed E-state index contributed by atoms with van der Waals surface area (Å²) in [6.45, 7) is -1.03. The number of halogens is 3. The van der Waals surface area contributed by atoms with Crippen LogP contribution < -0.4 is 4.74 Å². The lowest BCUT2D eigenvalue weighted by Gasteiger charge is -2.08. The maximum atomic E-state index is 12.9. The van der Waals surface area contributed by atoms with Crippen molar-refractivity contribution in [2.75, 3.05) is 0 Å². The highest BCUT2D eigenvalue weighted by atomic mass is 19.4. The Hall–Kier alpha value is -4.20. The van der Waals surface area contributed by atoms with Crippen LogP contribution in [0.15, 0.2) is 91.4 Å². The van der Waals surface area contributed by atoms with Crippen LogP contribution in [0.25, 0.3) is 33.3 Å². The van der Waals surface area contributed by atoms with Crippen molar-refractivity contribution in [2.24, 2.45) is 0 Å². The van der Waals surface area contributed by atoms with Gasteiger partial charge in [0.05, 0.1) is 16.8 Å². The summed E-state index contributed by atoms with van der Waals surface area (Å²) in [6.07, 6.45) is 0.0948. The average molecular weight is 460 g/mol. The molecule has 0 saturated carbocycles. The lowest BCUT2D eigenvalue weighted by atomic mass is 10.1. The molecule has 0 fully saturated rings. The van der Waals surface area contributed by atoms with Gasteiger partial charge in [-0.1, -0.05) is 48.5 Å². The van der Waals surface area contributed by atoms with E-state index in [0.717, 1.165) is 32.4 Å². The quantitative estimate of drug-likeness (QED) is 0.298. The number of aromatic nitrogens is 4. The Morgan fingerprint density at radius 2 is 1.59 bits per heavy atom. The maximum absolute atomic E-state index is 12.9. The highest BCUT2D eigenvalue weighted by Gasteiger charge is 2.29. The molecule has 0 unspecified atom stereocenters. The molecule has 0 aliphatic carbocycles. The third-order valence-corrected chi connectivity index (χ3v) is 5.28. The predicted octanol–water partition coefficient (Wildman–Crippen LogP) is 6.30. The Morgan fingerprint density at radius 3 is 2.35 bits per heavy atom. The van der Waals surface area contributed by atoms with Gasteiger partial charge in [-0.05, 0) is 35.4 Å². The van der Waals surface area contributed by atoms with Crippen LogP contribution in [0, 0.1) is 0 Å². The fourth-order valence-corrected chi connectivity index (χ4v) is 3.65. The van der Waals surface area contributed by atoms with E-state index in [9.17, 15) is 13.2 Å². The van der Waals surface area contributed by atoms with Crippen LogP contribution >= 0.6 is 0 Å². The first-order valence-corrected chi connectivity index (χ1v) is 10.6. The zero-order valence-corrected chi connectivity index (χ0v) is 17.9. The van der Waals surface area contributed by atoms with Crippen LogP contribution in [0.4, 0.5) is 13.2 Å². The van der Waals surface area contributed by atoms with Crippen molar-refractivity contribution in [1.29, 1.82) is 0 Å². The van der Waals surface area contributed by atoms with Crippen molar-refractivity contribution in [2.45, 2.75) is 19.3 Å². The van der Waals surface area contributed by atoms with E-state index in [0.29, 0.717) is 11.1 Å². The van der Waals surface area contributed by atoms with Crippen molar-refractivity contribution < 1.29 is 17.9 Å². The number of alkyl halides is 3. The molecule has 0 amide bonds. The lowest BCUT2D eigenvalue weighted by molar-refractivity contribution is -0.142. The Kier molecular flexibility index (Phi) is 5.71. The average Bonchev–Trinajstić information content (AvgIpc) is 3.24. The van der Waals surface area contributed by atoms with E-state index in [1.165, 1.54) is 6.20 Å². The van der Waals surface area contributed by atoms with Gasteiger partial charge in [0.15, 0.2) is 0 Å². The topological polar surface area (TPSA) is 52.8 Å². The molecule has 3 heterocycles. The maximum Gasteiger partial charge on any atom is 0.408 e. The Labute approximate surface area is 193 Å². The monoisotopic (exact) mass is 460 g/mol. The molecule has 5 rings (SSSR count). The Morgan fingerprint density at radius 1 is 0.824 bits per heavy atom. The number of benzene rings is 2. The van der Waals surface area contributed by atoms with Gasteiger partial charge in [-0.3, -0.25) is 9.67 Å². The largest absolute Gasteiger partial charge is 0.471 e. The predicted molar refractivity (Wildman–Crippen MR) is 123 cm³/mol. The number of ether oxygens (including phenoxy) is 1. The summed E-state index contributed by atoms with van der Waals surface area (Å²) in [5.74, 6) is 0.135. The van der Waals surface area contributed by atoms with Gasteiger partial charge in [0.1, 0.15) is 13.2 Å². The van der Waals surface area contributed by atoms with Crippen LogP contribution in [0.5, 0.6) is 5.88 Å². The Balaban J connectivity index is 1.35. The molecule has 8 heteroatoms. The van der Waals surface area contributed by atoms with E-state index in [1.807, 2.05) is 60.7 Å². The van der Waals surface area contributed by atoms with Gasteiger partial charge in [0.2, 0.25) is 5.88 Å². The first kappa shape index (κ1) is 21.6. The van der Waals surface area contributed by atoms with Crippen molar-refractivity contribution in [3.8, 4) is 28.3 Å². The number of pyridine rings is 2. The first-order chi connectivity index (χ1) is 16.4.